The van der Waals surface area contributed by atoms with Crippen molar-refractivity contribution in [2.45, 2.75) is 6.92 Å². The molecule has 0 aromatic heterocycles. The van der Waals surface area contributed by atoms with Gasteiger partial charge in [0.2, 0.25) is 0 Å². The molecule has 0 aliphatic carbocycles. The fraction of sp³-hybridized carbons (Fsp3) is 0.167. The SMILES string of the molecule is CC1=NNC(=O)N(NC(=O)N/N=C/c2ccc(F)cc2)C1. The summed E-state index contributed by atoms with van der Waals surface area (Å²) in [5, 5.41) is 8.46. The Bertz CT molecular complexity index is 598. The highest BCUT2D eigenvalue weighted by molar-refractivity contribution is 5.92. The Labute approximate surface area is 119 Å². The van der Waals surface area contributed by atoms with Crippen molar-refractivity contribution < 1.29 is 14.0 Å². The maximum Gasteiger partial charge on any atom is 0.356 e. The van der Waals surface area contributed by atoms with Crippen molar-refractivity contribution in [3.8, 4) is 0 Å². The third kappa shape index (κ3) is 4.27. The quantitative estimate of drug-likeness (QED) is 0.566. The molecular weight excluding hydrogens is 279 g/mol. The molecule has 0 bridgehead atoms. The van der Waals surface area contributed by atoms with Crippen LogP contribution in [0.15, 0.2) is 34.5 Å². The van der Waals surface area contributed by atoms with Crippen molar-refractivity contribution in [1.29, 1.82) is 0 Å². The van der Waals surface area contributed by atoms with E-state index in [0.29, 0.717) is 11.3 Å². The van der Waals surface area contributed by atoms with Crippen LogP contribution in [0.25, 0.3) is 0 Å². The molecule has 8 nitrogen and oxygen atoms in total. The average Bonchev–Trinajstić information content (AvgIpc) is 2.45. The molecule has 3 N–H and O–H groups in total. The first kappa shape index (κ1) is 14.4. The monoisotopic (exact) mass is 292 g/mol. The molecule has 0 spiro atoms. The maximum atomic E-state index is 12.7. The molecule has 1 heterocycles. The molecule has 1 aromatic carbocycles. The molecule has 0 saturated heterocycles. The number of hydrazone groups is 2. The van der Waals surface area contributed by atoms with Crippen molar-refractivity contribution in [1.82, 2.24) is 21.3 Å². The topological polar surface area (TPSA) is 98.2 Å². The summed E-state index contributed by atoms with van der Waals surface area (Å²) in [6, 6.07) is 4.35. The van der Waals surface area contributed by atoms with E-state index in [2.05, 4.69) is 26.5 Å². The van der Waals surface area contributed by atoms with E-state index in [9.17, 15) is 14.0 Å². The Morgan fingerprint density at radius 2 is 2.19 bits per heavy atom. The number of hydrogen-bond acceptors (Lipinski definition) is 4. The minimum atomic E-state index is -0.682. The highest BCUT2D eigenvalue weighted by Crippen LogP contribution is 1.99. The standard InChI is InChI=1S/C12H13FN6O2/c1-8-7-19(12(21)17-15-8)18-11(20)16-14-6-9-2-4-10(13)5-3-9/h2-6H,7H2,1H3,(H,17,21)(H2,16,18,20)/b14-6+. The van der Waals surface area contributed by atoms with Crippen LogP contribution in [0.4, 0.5) is 14.0 Å². The average molecular weight is 292 g/mol. The van der Waals surface area contributed by atoms with Gasteiger partial charge in [-0.25, -0.2) is 35.3 Å². The van der Waals surface area contributed by atoms with E-state index in [1.54, 1.807) is 6.92 Å². The number of urea groups is 2. The third-order valence-corrected chi connectivity index (χ3v) is 2.46. The minimum Gasteiger partial charge on any atom is -0.245 e. The molecule has 0 fully saturated rings. The summed E-state index contributed by atoms with van der Waals surface area (Å²) in [6.07, 6.45) is 1.35. The second-order valence-electron chi connectivity index (χ2n) is 4.21. The number of rotatable bonds is 3. The zero-order chi connectivity index (χ0) is 15.2. The van der Waals surface area contributed by atoms with Crippen molar-refractivity contribution in [2.24, 2.45) is 10.2 Å². The molecule has 1 aliphatic rings. The molecule has 2 rings (SSSR count). The van der Waals surface area contributed by atoms with Gasteiger partial charge in [0, 0.05) is 0 Å². The van der Waals surface area contributed by atoms with E-state index in [1.165, 1.54) is 30.5 Å². The van der Waals surface area contributed by atoms with E-state index in [4.69, 9.17) is 0 Å². The smallest absolute Gasteiger partial charge is 0.245 e. The lowest BCUT2D eigenvalue weighted by Crippen LogP contribution is -2.55. The summed E-state index contributed by atoms with van der Waals surface area (Å²) >= 11 is 0. The Morgan fingerprint density at radius 3 is 2.90 bits per heavy atom. The number of amides is 4. The Balaban J connectivity index is 1.83. The molecule has 0 atom stereocenters. The predicted octanol–water partition coefficient (Wildman–Crippen LogP) is 0.775. The number of hydrazine groups is 1. The number of carbonyl (C=O) groups is 2. The molecule has 21 heavy (non-hydrogen) atoms. The highest BCUT2D eigenvalue weighted by Gasteiger charge is 2.20. The highest BCUT2D eigenvalue weighted by atomic mass is 19.1. The van der Waals surface area contributed by atoms with E-state index >= 15 is 0 Å². The van der Waals surface area contributed by atoms with Gasteiger partial charge in [0.05, 0.1) is 18.5 Å². The van der Waals surface area contributed by atoms with Gasteiger partial charge < -0.3 is 0 Å². The summed E-state index contributed by atoms with van der Waals surface area (Å²) in [6.45, 7) is 1.89. The molecule has 4 amide bonds. The van der Waals surface area contributed by atoms with Gasteiger partial charge in [0.15, 0.2) is 0 Å². The predicted molar refractivity (Wildman–Crippen MR) is 74.0 cm³/mol. The Kier molecular flexibility index (Phi) is 4.44. The van der Waals surface area contributed by atoms with Crippen LogP contribution in [0.2, 0.25) is 0 Å². The lowest BCUT2D eigenvalue weighted by molar-refractivity contribution is 0.173. The van der Waals surface area contributed by atoms with E-state index in [-0.39, 0.29) is 12.4 Å². The third-order valence-electron chi connectivity index (χ3n) is 2.46. The zero-order valence-electron chi connectivity index (χ0n) is 11.1. The molecule has 0 unspecified atom stereocenters. The van der Waals surface area contributed by atoms with Gasteiger partial charge in [0.1, 0.15) is 5.82 Å². The molecular formula is C12H13FN6O2. The molecule has 1 aliphatic heterocycles. The lowest BCUT2D eigenvalue weighted by atomic mass is 10.2. The van der Waals surface area contributed by atoms with Gasteiger partial charge in [-0.2, -0.15) is 10.2 Å². The lowest BCUT2D eigenvalue weighted by Gasteiger charge is -2.25. The van der Waals surface area contributed by atoms with Crippen molar-refractivity contribution in [2.75, 3.05) is 6.54 Å². The van der Waals surface area contributed by atoms with Crippen molar-refractivity contribution in [3.05, 3.63) is 35.6 Å². The van der Waals surface area contributed by atoms with E-state index in [0.717, 1.165) is 5.01 Å². The van der Waals surface area contributed by atoms with Crippen molar-refractivity contribution in [3.63, 3.8) is 0 Å². The van der Waals surface area contributed by atoms with Crippen LogP contribution in [-0.4, -0.2) is 35.5 Å². The number of carbonyl (C=O) groups excluding carboxylic acids is 2. The van der Waals surface area contributed by atoms with Crippen LogP contribution in [0.5, 0.6) is 0 Å². The van der Waals surface area contributed by atoms with Crippen LogP contribution in [0, 0.1) is 5.82 Å². The summed E-state index contributed by atoms with van der Waals surface area (Å²) in [5.74, 6) is -0.356. The second-order valence-corrected chi connectivity index (χ2v) is 4.21. The number of hydrogen-bond donors (Lipinski definition) is 3. The largest absolute Gasteiger partial charge is 0.356 e. The van der Waals surface area contributed by atoms with Gasteiger partial charge in [-0.05, 0) is 24.6 Å². The van der Waals surface area contributed by atoms with Gasteiger partial charge in [-0.1, -0.05) is 12.1 Å². The fourth-order valence-electron chi connectivity index (χ4n) is 1.49. The van der Waals surface area contributed by atoms with Gasteiger partial charge in [-0.3, -0.25) is 0 Å². The number of nitrogens with one attached hydrogen (secondary N) is 3. The molecule has 1 aromatic rings. The van der Waals surface area contributed by atoms with Crippen LogP contribution >= 0.6 is 0 Å². The normalized spacial score (nSPS) is 14.7. The molecule has 0 saturated carbocycles. The van der Waals surface area contributed by atoms with E-state index < -0.39 is 12.1 Å². The number of nitrogens with zero attached hydrogens (tertiary/aromatic N) is 3. The molecule has 110 valence electrons. The Hall–Kier alpha value is -2.97. The second kappa shape index (κ2) is 6.46. The number of benzene rings is 1. The first-order valence-electron chi connectivity index (χ1n) is 6.00. The first-order valence-corrected chi connectivity index (χ1v) is 6.00. The zero-order valence-corrected chi connectivity index (χ0v) is 11.1. The summed E-state index contributed by atoms with van der Waals surface area (Å²) < 4.78 is 12.7. The Morgan fingerprint density at radius 1 is 1.48 bits per heavy atom. The summed E-state index contributed by atoms with van der Waals surface area (Å²) in [4.78, 5) is 22.9. The maximum absolute atomic E-state index is 12.7. The van der Waals surface area contributed by atoms with Gasteiger partial charge in [-0.15, -0.1) is 0 Å². The van der Waals surface area contributed by atoms with Gasteiger partial charge >= 0.3 is 12.1 Å². The molecule has 0 radical (unpaired) electrons. The van der Waals surface area contributed by atoms with Gasteiger partial charge in [0.25, 0.3) is 0 Å². The van der Waals surface area contributed by atoms with Crippen LogP contribution in [0.3, 0.4) is 0 Å². The number of halogens is 1. The van der Waals surface area contributed by atoms with Crippen LogP contribution in [0.1, 0.15) is 12.5 Å². The molecule has 9 heteroatoms. The van der Waals surface area contributed by atoms with E-state index in [1.807, 2.05) is 0 Å². The van der Waals surface area contributed by atoms with Crippen LogP contribution in [-0.2, 0) is 0 Å². The first-order chi connectivity index (χ1) is 10.0. The summed E-state index contributed by atoms with van der Waals surface area (Å²) in [7, 11) is 0. The van der Waals surface area contributed by atoms with Crippen LogP contribution < -0.4 is 16.3 Å². The summed E-state index contributed by atoms with van der Waals surface area (Å²) in [5.41, 5.74) is 8.00. The minimum absolute atomic E-state index is 0.181. The fourth-order valence-corrected chi connectivity index (χ4v) is 1.49. The van der Waals surface area contributed by atoms with Crippen molar-refractivity contribution >= 4 is 24.0 Å².